The summed E-state index contributed by atoms with van der Waals surface area (Å²) in [4.78, 5) is 6.73. The first kappa shape index (κ1) is 12.5. The zero-order valence-corrected chi connectivity index (χ0v) is 10.9. The normalized spacial score (nSPS) is 21.2. The molecule has 2 rings (SSSR count). The average Bonchev–Trinajstić information content (AvgIpc) is 2.90. The van der Waals surface area contributed by atoms with Gasteiger partial charge < -0.3 is 5.32 Å². The number of aromatic nitrogens is 3. The van der Waals surface area contributed by atoms with Gasteiger partial charge in [0, 0.05) is 13.6 Å². The van der Waals surface area contributed by atoms with Crippen LogP contribution in [0.2, 0.25) is 0 Å². The van der Waals surface area contributed by atoms with Crippen LogP contribution in [0.5, 0.6) is 0 Å². The number of aryl methyl sites for hydroxylation is 1. The van der Waals surface area contributed by atoms with Crippen LogP contribution in [0.25, 0.3) is 0 Å². The third-order valence-corrected chi connectivity index (χ3v) is 3.24. The van der Waals surface area contributed by atoms with Crippen molar-refractivity contribution in [3.63, 3.8) is 0 Å². The van der Waals surface area contributed by atoms with Crippen molar-refractivity contribution in [3.05, 3.63) is 12.2 Å². The molecule has 1 aromatic heterocycles. The Labute approximate surface area is 103 Å². The Morgan fingerprint density at radius 1 is 1.53 bits per heavy atom. The van der Waals surface area contributed by atoms with Crippen LogP contribution >= 0.6 is 0 Å². The first-order chi connectivity index (χ1) is 8.28. The van der Waals surface area contributed by atoms with Crippen molar-refractivity contribution in [2.45, 2.75) is 26.3 Å². The molecule has 1 aromatic rings. The van der Waals surface area contributed by atoms with Gasteiger partial charge in [-0.05, 0) is 38.4 Å². The van der Waals surface area contributed by atoms with Crippen molar-refractivity contribution < 1.29 is 0 Å². The van der Waals surface area contributed by atoms with Crippen LogP contribution in [0.4, 0.5) is 0 Å². The molecule has 1 N–H and O–H groups in total. The van der Waals surface area contributed by atoms with E-state index in [0.717, 1.165) is 31.4 Å². The van der Waals surface area contributed by atoms with Gasteiger partial charge in [0.2, 0.25) is 0 Å². The van der Waals surface area contributed by atoms with Crippen molar-refractivity contribution in [3.8, 4) is 0 Å². The molecule has 2 heterocycles. The van der Waals surface area contributed by atoms with Gasteiger partial charge in [0.1, 0.15) is 6.33 Å². The van der Waals surface area contributed by atoms with Gasteiger partial charge in [0.25, 0.3) is 0 Å². The lowest BCUT2D eigenvalue weighted by Gasteiger charge is -2.14. The van der Waals surface area contributed by atoms with E-state index in [9.17, 15) is 0 Å². The molecule has 1 saturated heterocycles. The molecule has 0 saturated carbocycles. The highest BCUT2D eigenvalue weighted by Crippen LogP contribution is 2.16. The fourth-order valence-corrected chi connectivity index (χ4v) is 2.36. The molecule has 1 fully saturated rings. The van der Waals surface area contributed by atoms with Gasteiger partial charge in [-0.1, -0.05) is 6.92 Å². The van der Waals surface area contributed by atoms with E-state index in [0.29, 0.717) is 0 Å². The molecule has 0 aromatic carbocycles. The van der Waals surface area contributed by atoms with Crippen LogP contribution in [0, 0.1) is 5.92 Å². The van der Waals surface area contributed by atoms with Gasteiger partial charge in [-0.3, -0.25) is 9.58 Å². The number of hydrogen-bond acceptors (Lipinski definition) is 4. The Morgan fingerprint density at radius 3 is 3.12 bits per heavy atom. The maximum Gasteiger partial charge on any atom is 0.164 e. The standard InChI is InChI=1S/C12H23N5/c1-3-5-13-7-11-4-6-17(8-11)9-12-14-10-16(2)15-12/h10-11,13H,3-9H2,1-2H3. The molecular weight excluding hydrogens is 214 g/mol. The van der Waals surface area contributed by atoms with E-state index in [-0.39, 0.29) is 0 Å². The second-order valence-electron chi connectivity index (χ2n) is 4.93. The molecule has 0 amide bonds. The summed E-state index contributed by atoms with van der Waals surface area (Å²) in [5, 5.41) is 7.83. The van der Waals surface area contributed by atoms with Crippen molar-refractivity contribution in [2.75, 3.05) is 26.2 Å². The Hall–Kier alpha value is -0.940. The largest absolute Gasteiger partial charge is 0.316 e. The van der Waals surface area contributed by atoms with Crippen LogP contribution in [0.15, 0.2) is 6.33 Å². The lowest BCUT2D eigenvalue weighted by atomic mass is 10.1. The minimum Gasteiger partial charge on any atom is -0.316 e. The van der Waals surface area contributed by atoms with Crippen LogP contribution in [-0.4, -0.2) is 45.8 Å². The molecule has 1 aliphatic rings. The lowest BCUT2D eigenvalue weighted by Crippen LogP contribution is -2.27. The number of likely N-dealkylation sites (tertiary alicyclic amines) is 1. The second kappa shape index (κ2) is 6.12. The van der Waals surface area contributed by atoms with Gasteiger partial charge >= 0.3 is 0 Å². The summed E-state index contributed by atoms with van der Waals surface area (Å²) < 4.78 is 1.77. The van der Waals surface area contributed by atoms with Crippen LogP contribution in [0.3, 0.4) is 0 Å². The molecule has 0 aliphatic carbocycles. The highest BCUT2D eigenvalue weighted by Gasteiger charge is 2.22. The summed E-state index contributed by atoms with van der Waals surface area (Å²) >= 11 is 0. The van der Waals surface area contributed by atoms with Crippen molar-refractivity contribution >= 4 is 0 Å². The quantitative estimate of drug-likeness (QED) is 0.737. The molecule has 0 bridgehead atoms. The minimum absolute atomic E-state index is 0.797. The Morgan fingerprint density at radius 2 is 2.41 bits per heavy atom. The van der Waals surface area contributed by atoms with Gasteiger partial charge in [-0.25, -0.2) is 4.98 Å². The summed E-state index contributed by atoms with van der Waals surface area (Å²) in [6.45, 7) is 7.75. The SMILES string of the molecule is CCCNCC1CCN(Cc2ncn(C)n2)C1. The predicted molar refractivity (Wildman–Crippen MR) is 67.5 cm³/mol. The number of hydrogen-bond donors (Lipinski definition) is 1. The number of rotatable bonds is 6. The highest BCUT2D eigenvalue weighted by molar-refractivity contribution is 4.85. The summed E-state index contributed by atoms with van der Waals surface area (Å²) in [6.07, 6.45) is 4.28. The predicted octanol–water partition coefficient (Wildman–Crippen LogP) is 0.637. The summed E-state index contributed by atoms with van der Waals surface area (Å²) in [7, 11) is 1.91. The highest BCUT2D eigenvalue weighted by atomic mass is 15.3. The van der Waals surface area contributed by atoms with E-state index in [1.54, 1.807) is 11.0 Å². The second-order valence-corrected chi connectivity index (χ2v) is 4.93. The number of nitrogens with one attached hydrogen (secondary N) is 1. The van der Waals surface area contributed by atoms with Gasteiger partial charge in [0.05, 0.1) is 6.54 Å². The third kappa shape index (κ3) is 3.78. The van der Waals surface area contributed by atoms with E-state index < -0.39 is 0 Å². The maximum atomic E-state index is 4.32. The summed E-state index contributed by atoms with van der Waals surface area (Å²) in [5.41, 5.74) is 0. The van der Waals surface area contributed by atoms with Crippen molar-refractivity contribution in [2.24, 2.45) is 13.0 Å². The van der Waals surface area contributed by atoms with Crippen LogP contribution in [-0.2, 0) is 13.6 Å². The maximum absolute atomic E-state index is 4.32. The van der Waals surface area contributed by atoms with Gasteiger partial charge in [-0.15, -0.1) is 0 Å². The average molecular weight is 237 g/mol. The molecule has 0 spiro atoms. The molecule has 0 radical (unpaired) electrons. The smallest absolute Gasteiger partial charge is 0.164 e. The third-order valence-electron chi connectivity index (χ3n) is 3.24. The Bertz CT molecular complexity index is 335. The molecule has 96 valence electrons. The fraction of sp³-hybridized carbons (Fsp3) is 0.833. The van der Waals surface area contributed by atoms with Gasteiger partial charge in [-0.2, -0.15) is 5.10 Å². The lowest BCUT2D eigenvalue weighted by molar-refractivity contribution is 0.306. The van der Waals surface area contributed by atoms with Crippen molar-refractivity contribution in [1.29, 1.82) is 0 Å². The zero-order valence-electron chi connectivity index (χ0n) is 10.9. The Balaban J connectivity index is 1.70. The van der Waals surface area contributed by atoms with E-state index in [1.807, 2.05) is 7.05 Å². The van der Waals surface area contributed by atoms with Crippen molar-refractivity contribution in [1.82, 2.24) is 25.0 Å². The number of nitrogens with zero attached hydrogens (tertiary/aromatic N) is 4. The molecule has 5 nitrogen and oxygen atoms in total. The van der Waals surface area contributed by atoms with E-state index in [1.165, 1.54) is 25.9 Å². The molecule has 5 heteroatoms. The molecule has 17 heavy (non-hydrogen) atoms. The first-order valence-corrected chi connectivity index (χ1v) is 6.55. The summed E-state index contributed by atoms with van der Waals surface area (Å²) in [6, 6.07) is 0. The zero-order chi connectivity index (χ0) is 12.1. The van der Waals surface area contributed by atoms with Gasteiger partial charge in [0.15, 0.2) is 5.82 Å². The Kier molecular flexibility index (Phi) is 4.50. The minimum atomic E-state index is 0.797. The molecule has 1 atom stereocenters. The molecule has 1 unspecified atom stereocenters. The summed E-state index contributed by atoms with van der Waals surface area (Å²) in [5.74, 6) is 1.74. The van der Waals surface area contributed by atoms with E-state index in [2.05, 4.69) is 27.2 Å². The molecule has 1 aliphatic heterocycles. The van der Waals surface area contributed by atoms with Crippen LogP contribution < -0.4 is 5.32 Å². The van der Waals surface area contributed by atoms with E-state index in [4.69, 9.17) is 0 Å². The monoisotopic (exact) mass is 237 g/mol. The topological polar surface area (TPSA) is 46.0 Å². The fourth-order valence-electron chi connectivity index (χ4n) is 2.36. The molecular formula is C12H23N5. The first-order valence-electron chi connectivity index (χ1n) is 6.55. The van der Waals surface area contributed by atoms with Crippen LogP contribution in [0.1, 0.15) is 25.6 Å². The van der Waals surface area contributed by atoms with E-state index >= 15 is 0 Å².